The molecule has 0 saturated carbocycles. The highest BCUT2D eigenvalue weighted by atomic mass is 16.3. The minimum absolute atomic E-state index is 0.468. The molecule has 0 radical (unpaired) electrons. The van der Waals surface area contributed by atoms with Gasteiger partial charge in [0.15, 0.2) is 5.96 Å². The molecular weight excluding hydrogens is 350 g/mol. The van der Waals surface area contributed by atoms with Crippen LogP contribution in [-0.4, -0.2) is 48.6 Å². The van der Waals surface area contributed by atoms with Gasteiger partial charge in [-0.25, -0.2) is 4.98 Å². The maximum atomic E-state index is 5.63. The van der Waals surface area contributed by atoms with Crippen LogP contribution in [0.3, 0.4) is 0 Å². The van der Waals surface area contributed by atoms with Gasteiger partial charge in [0.25, 0.3) is 0 Å². The SMILES string of the molecule is CN=C(NCc1coc(-c2ccc(C)cc2)n1)NC1CCN(CC(C)C)CC1. The standard InChI is InChI=1S/C22H33N5O/c1-16(2)14-27-11-9-19(10-12-27)26-22(23-4)24-13-20-15-28-21(25-20)18-7-5-17(3)6-8-18/h5-8,15-16,19H,9-14H2,1-4H3,(H2,23,24,26). The zero-order chi connectivity index (χ0) is 19.9. The van der Waals surface area contributed by atoms with Gasteiger partial charge in [-0.2, -0.15) is 0 Å². The second-order valence-electron chi connectivity index (χ2n) is 8.05. The van der Waals surface area contributed by atoms with Crippen LogP contribution in [0, 0.1) is 12.8 Å². The first-order valence-electron chi connectivity index (χ1n) is 10.2. The van der Waals surface area contributed by atoms with Crippen LogP contribution < -0.4 is 10.6 Å². The summed E-state index contributed by atoms with van der Waals surface area (Å²) < 4.78 is 5.63. The van der Waals surface area contributed by atoms with Crippen molar-refractivity contribution in [3.63, 3.8) is 0 Å². The van der Waals surface area contributed by atoms with Crippen molar-refractivity contribution in [2.75, 3.05) is 26.7 Å². The van der Waals surface area contributed by atoms with Gasteiger partial charge in [-0.3, -0.25) is 4.99 Å². The van der Waals surface area contributed by atoms with Crippen molar-refractivity contribution >= 4 is 5.96 Å². The first-order valence-corrected chi connectivity index (χ1v) is 10.2. The Morgan fingerprint density at radius 1 is 1.25 bits per heavy atom. The van der Waals surface area contributed by atoms with Crippen molar-refractivity contribution in [2.45, 2.75) is 46.2 Å². The topological polar surface area (TPSA) is 65.7 Å². The average Bonchev–Trinajstić information content (AvgIpc) is 3.15. The number of piperidine rings is 1. The molecule has 6 heteroatoms. The first kappa shape index (κ1) is 20.4. The summed E-state index contributed by atoms with van der Waals surface area (Å²) in [5.74, 6) is 2.20. The molecule has 6 nitrogen and oxygen atoms in total. The lowest BCUT2D eigenvalue weighted by molar-refractivity contribution is 0.187. The number of aryl methyl sites for hydroxylation is 1. The molecular formula is C22H33N5O. The number of aliphatic imine (C=N–C) groups is 1. The van der Waals surface area contributed by atoms with Crippen LogP contribution in [0.15, 0.2) is 39.9 Å². The van der Waals surface area contributed by atoms with Gasteiger partial charge in [0.05, 0.1) is 12.2 Å². The number of oxazole rings is 1. The van der Waals surface area contributed by atoms with Crippen LogP contribution >= 0.6 is 0 Å². The second-order valence-corrected chi connectivity index (χ2v) is 8.05. The van der Waals surface area contributed by atoms with E-state index in [0.29, 0.717) is 18.5 Å². The summed E-state index contributed by atoms with van der Waals surface area (Å²) in [7, 11) is 1.81. The van der Waals surface area contributed by atoms with E-state index in [1.165, 1.54) is 12.1 Å². The fourth-order valence-corrected chi connectivity index (χ4v) is 3.56. The maximum absolute atomic E-state index is 5.63. The molecule has 1 aromatic carbocycles. The maximum Gasteiger partial charge on any atom is 0.226 e. The summed E-state index contributed by atoms with van der Waals surface area (Å²) in [6, 6.07) is 8.66. The molecule has 28 heavy (non-hydrogen) atoms. The number of hydrogen-bond acceptors (Lipinski definition) is 4. The van der Waals surface area contributed by atoms with Crippen LogP contribution in [0.4, 0.5) is 0 Å². The Balaban J connectivity index is 1.47. The number of hydrogen-bond donors (Lipinski definition) is 2. The Hall–Kier alpha value is -2.34. The Morgan fingerprint density at radius 3 is 2.61 bits per heavy atom. The molecule has 2 N–H and O–H groups in total. The number of nitrogens with zero attached hydrogens (tertiary/aromatic N) is 3. The van der Waals surface area contributed by atoms with Crippen molar-refractivity contribution in [1.82, 2.24) is 20.5 Å². The van der Waals surface area contributed by atoms with Gasteiger partial charge in [-0.15, -0.1) is 0 Å². The lowest BCUT2D eigenvalue weighted by atomic mass is 10.0. The molecule has 0 atom stereocenters. The fourth-order valence-electron chi connectivity index (χ4n) is 3.56. The highest BCUT2D eigenvalue weighted by Gasteiger charge is 2.20. The number of rotatable bonds is 6. The Kier molecular flexibility index (Phi) is 7.09. The normalized spacial score (nSPS) is 16.5. The van der Waals surface area contributed by atoms with E-state index in [2.05, 4.69) is 58.4 Å². The molecule has 2 aromatic rings. The third-order valence-corrected chi connectivity index (χ3v) is 5.06. The Bertz CT molecular complexity index is 757. The van der Waals surface area contributed by atoms with Gasteiger partial charge in [-0.1, -0.05) is 31.5 Å². The molecule has 3 rings (SSSR count). The molecule has 1 aromatic heterocycles. The van der Waals surface area contributed by atoms with E-state index in [-0.39, 0.29) is 0 Å². The number of benzene rings is 1. The Morgan fingerprint density at radius 2 is 1.96 bits per heavy atom. The van der Waals surface area contributed by atoms with Crippen molar-refractivity contribution in [1.29, 1.82) is 0 Å². The van der Waals surface area contributed by atoms with E-state index in [0.717, 1.165) is 49.1 Å². The highest BCUT2D eigenvalue weighted by molar-refractivity contribution is 5.79. The quantitative estimate of drug-likeness (QED) is 0.591. The second kappa shape index (κ2) is 9.73. The number of guanidine groups is 1. The Labute approximate surface area is 168 Å². The van der Waals surface area contributed by atoms with E-state index < -0.39 is 0 Å². The zero-order valence-corrected chi connectivity index (χ0v) is 17.5. The van der Waals surface area contributed by atoms with Gasteiger partial charge < -0.3 is 20.0 Å². The summed E-state index contributed by atoms with van der Waals surface area (Å²) in [5.41, 5.74) is 3.08. The van der Waals surface area contributed by atoms with Gasteiger partial charge in [-0.05, 0) is 37.8 Å². The van der Waals surface area contributed by atoms with Gasteiger partial charge in [0.2, 0.25) is 5.89 Å². The van der Waals surface area contributed by atoms with E-state index in [1.54, 1.807) is 6.26 Å². The van der Waals surface area contributed by atoms with Crippen molar-refractivity contribution in [2.24, 2.45) is 10.9 Å². The van der Waals surface area contributed by atoms with Crippen LogP contribution in [0.25, 0.3) is 11.5 Å². The highest BCUT2D eigenvalue weighted by Crippen LogP contribution is 2.19. The largest absolute Gasteiger partial charge is 0.444 e. The minimum atomic E-state index is 0.468. The summed E-state index contributed by atoms with van der Waals surface area (Å²) in [5, 5.41) is 6.90. The van der Waals surface area contributed by atoms with Crippen LogP contribution in [-0.2, 0) is 6.54 Å². The minimum Gasteiger partial charge on any atom is -0.444 e. The molecule has 0 aliphatic carbocycles. The predicted octanol–water partition coefficient (Wildman–Crippen LogP) is 3.44. The molecule has 1 fully saturated rings. The molecule has 1 saturated heterocycles. The van der Waals surface area contributed by atoms with Crippen LogP contribution in [0.2, 0.25) is 0 Å². The number of nitrogens with one attached hydrogen (secondary N) is 2. The monoisotopic (exact) mass is 383 g/mol. The van der Waals surface area contributed by atoms with Crippen molar-refractivity contribution in [3.05, 3.63) is 41.8 Å². The molecule has 1 aliphatic heterocycles. The average molecular weight is 384 g/mol. The third-order valence-electron chi connectivity index (χ3n) is 5.06. The van der Waals surface area contributed by atoms with Crippen molar-refractivity contribution in [3.8, 4) is 11.5 Å². The molecule has 0 bridgehead atoms. The molecule has 2 heterocycles. The molecule has 0 unspecified atom stereocenters. The molecule has 0 amide bonds. The first-order chi connectivity index (χ1) is 13.5. The summed E-state index contributed by atoms with van der Waals surface area (Å²) >= 11 is 0. The van der Waals surface area contributed by atoms with E-state index in [1.807, 2.05) is 19.2 Å². The van der Waals surface area contributed by atoms with Crippen LogP contribution in [0.1, 0.15) is 37.9 Å². The summed E-state index contributed by atoms with van der Waals surface area (Å²) in [6.07, 6.45) is 4.00. The van der Waals surface area contributed by atoms with E-state index in [4.69, 9.17) is 4.42 Å². The predicted molar refractivity (Wildman–Crippen MR) is 114 cm³/mol. The molecule has 0 spiro atoms. The molecule has 1 aliphatic rings. The smallest absolute Gasteiger partial charge is 0.226 e. The fraction of sp³-hybridized carbons (Fsp3) is 0.545. The van der Waals surface area contributed by atoms with E-state index in [9.17, 15) is 0 Å². The van der Waals surface area contributed by atoms with E-state index >= 15 is 0 Å². The number of likely N-dealkylation sites (tertiary alicyclic amines) is 1. The van der Waals surface area contributed by atoms with Crippen LogP contribution in [0.5, 0.6) is 0 Å². The zero-order valence-electron chi connectivity index (χ0n) is 17.5. The van der Waals surface area contributed by atoms with Gasteiger partial charge in [0.1, 0.15) is 6.26 Å². The van der Waals surface area contributed by atoms with Gasteiger partial charge >= 0.3 is 0 Å². The molecule has 152 valence electrons. The lowest BCUT2D eigenvalue weighted by Crippen LogP contribution is -2.49. The summed E-state index contributed by atoms with van der Waals surface area (Å²) in [6.45, 7) is 10.7. The number of aromatic nitrogens is 1. The lowest BCUT2D eigenvalue weighted by Gasteiger charge is -2.33. The third kappa shape index (κ3) is 5.83. The van der Waals surface area contributed by atoms with Gasteiger partial charge in [0, 0.05) is 38.3 Å². The van der Waals surface area contributed by atoms with Crippen molar-refractivity contribution < 1.29 is 4.42 Å². The summed E-state index contributed by atoms with van der Waals surface area (Å²) in [4.78, 5) is 11.5.